The van der Waals surface area contributed by atoms with E-state index in [9.17, 15) is 4.79 Å². The predicted molar refractivity (Wildman–Crippen MR) is 86.8 cm³/mol. The number of rotatable bonds is 7. The Kier molecular flexibility index (Phi) is 6.43. The molecule has 1 saturated heterocycles. The number of carbonyl (C=O) groups excluding carboxylic acids is 1. The van der Waals surface area contributed by atoms with E-state index in [1.807, 2.05) is 11.1 Å². The van der Waals surface area contributed by atoms with E-state index in [1.54, 1.807) is 7.11 Å². The van der Waals surface area contributed by atoms with Crippen molar-refractivity contribution in [3.8, 4) is 0 Å². The summed E-state index contributed by atoms with van der Waals surface area (Å²) in [5, 5.41) is 0. The summed E-state index contributed by atoms with van der Waals surface area (Å²) in [6.07, 6.45) is 6.84. The zero-order chi connectivity index (χ0) is 15.9. The average Bonchev–Trinajstić information content (AvgIpc) is 2.86. The van der Waals surface area contributed by atoms with Crippen molar-refractivity contribution >= 4 is 5.91 Å². The number of hydrogen-bond acceptors (Lipinski definition) is 3. The Hall–Kier alpha value is -1.36. The Morgan fingerprint density at radius 1 is 1.50 bits per heavy atom. The monoisotopic (exact) mass is 307 g/mol. The number of carbonyl (C=O) groups is 1. The largest absolute Gasteiger partial charge is 0.384 e. The maximum atomic E-state index is 12.2. The average molecular weight is 307 g/mol. The summed E-state index contributed by atoms with van der Waals surface area (Å²) in [6.45, 7) is 7.61. The molecule has 2 heterocycles. The number of ether oxygens (including phenoxy) is 1. The summed E-state index contributed by atoms with van der Waals surface area (Å²) in [7, 11) is 1.64. The van der Waals surface area contributed by atoms with Crippen LogP contribution in [0.2, 0.25) is 0 Å². The maximum absolute atomic E-state index is 12.2. The van der Waals surface area contributed by atoms with Crippen molar-refractivity contribution in [1.82, 2.24) is 14.5 Å². The minimum absolute atomic E-state index is 0.222. The second kappa shape index (κ2) is 8.32. The summed E-state index contributed by atoms with van der Waals surface area (Å²) in [6, 6.07) is 0. The van der Waals surface area contributed by atoms with E-state index in [-0.39, 0.29) is 5.91 Å². The zero-order valence-corrected chi connectivity index (χ0v) is 14.2. The van der Waals surface area contributed by atoms with Gasteiger partial charge in [0.05, 0.1) is 13.0 Å². The summed E-state index contributed by atoms with van der Waals surface area (Å²) in [5.74, 6) is 1.92. The van der Waals surface area contributed by atoms with Gasteiger partial charge in [0.25, 0.3) is 0 Å². The number of hydrogen-bond donors (Lipinski definition) is 0. The molecule has 1 unspecified atom stereocenters. The fraction of sp³-hybridized carbons (Fsp3) is 0.765. The van der Waals surface area contributed by atoms with Crippen LogP contribution < -0.4 is 0 Å². The molecule has 2 rings (SSSR count). The molecule has 0 bridgehead atoms. The van der Waals surface area contributed by atoms with E-state index in [1.165, 1.54) is 17.9 Å². The summed E-state index contributed by atoms with van der Waals surface area (Å²) < 4.78 is 7.34. The van der Waals surface area contributed by atoms with Gasteiger partial charge in [-0.25, -0.2) is 4.98 Å². The van der Waals surface area contributed by atoms with Crippen molar-refractivity contribution in [1.29, 1.82) is 0 Å². The molecule has 1 aromatic rings. The van der Waals surface area contributed by atoms with Crippen LogP contribution in [0.15, 0.2) is 6.20 Å². The molecule has 1 amide bonds. The highest BCUT2D eigenvalue weighted by atomic mass is 16.5. The molecule has 5 nitrogen and oxygen atoms in total. The molecule has 0 radical (unpaired) electrons. The fourth-order valence-electron chi connectivity index (χ4n) is 3.27. The second-order valence-electron chi connectivity index (χ2n) is 6.26. The fourth-order valence-corrected chi connectivity index (χ4v) is 3.27. The Morgan fingerprint density at radius 3 is 3.05 bits per heavy atom. The quantitative estimate of drug-likeness (QED) is 0.777. The van der Waals surface area contributed by atoms with Crippen molar-refractivity contribution < 1.29 is 9.53 Å². The van der Waals surface area contributed by atoms with E-state index in [0.717, 1.165) is 38.9 Å². The molecule has 22 heavy (non-hydrogen) atoms. The molecule has 5 heteroatoms. The third-order valence-electron chi connectivity index (χ3n) is 4.45. The first-order valence-corrected chi connectivity index (χ1v) is 8.43. The second-order valence-corrected chi connectivity index (χ2v) is 6.26. The van der Waals surface area contributed by atoms with Gasteiger partial charge < -0.3 is 14.2 Å². The van der Waals surface area contributed by atoms with Gasteiger partial charge in [0.15, 0.2) is 0 Å². The van der Waals surface area contributed by atoms with Crippen LogP contribution in [0.5, 0.6) is 0 Å². The molecule has 0 spiro atoms. The van der Waals surface area contributed by atoms with E-state index < -0.39 is 0 Å². The molecule has 1 aliphatic heterocycles. The molecule has 1 atom stereocenters. The Bertz CT molecular complexity index is 484. The smallest absolute Gasteiger partial charge is 0.224 e. The molecule has 0 N–H and O–H groups in total. The first kappa shape index (κ1) is 17.0. The number of methoxy groups -OCH3 is 1. The summed E-state index contributed by atoms with van der Waals surface area (Å²) >= 11 is 0. The first-order valence-electron chi connectivity index (χ1n) is 8.43. The number of aromatic nitrogens is 2. The minimum atomic E-state index is 0.222. The van der Waals surface area contributed by atoms with Crippen molar-refractivity contribution in [3.63, 3.8) is 0 Å². The van der Waals surface area contributed by atoms with Gasteiger partial charge in [-0.1, -0.05) is 6.92 Å². The van der Waals surface area contributed by atoms with Gasteiger partial charge in [0.2, 0.25) is 5.91 Å². The van der Waals surface area contributed by atoms with Gasteiger partial charge in [-0.05, 0) is 32.1 Å². The Morgan fingerprint density at radius 2 is 2.32 bits per heavy atom. The summed E-state index contributed by atoms with van der Waals surface area (Å²) in [4.78, 5) is 18.7. The lowest BCUT2D eigenvalue weighted by atomic mass is 9.94. The highest BCUT2D eigenvalue weighted by Gasteiger charge is 2.24. The Balaban J connectivity index is 1.94. The molecule has 1 aliphatic rings. The number of likely N-dealkylation sites (tertiary alicyclic amines) is 1. The number of amides is 1. The van der Waals surface area contributed by atoms with Crippen LogP contribution in [-0.2, 0) is 22.5 Å². The predicted octanol–water partition coefficient (Wildman–Crippen LogP) is 2.42. The van der Waals surface area contributed by atoms with Crippen LogP contribution in [-0.4, -0.2) is 47.2 Å². The van der Waals surface area contributed by atoms with Gasteiger partial charge in [-0.15, -0.1) is 0 Å². The molecule has 1 fully saturated rings. The standard InChI is InChI=1S/C17H29N3O2/c1-4-8-20-14(2)12-18-16(20)11-15-6-5-9-19(13-15)17(21)7-10-22-3/h12,15H,4-11,13H2,1-3H3. The van der Waals surface area contributed by atoms with Crippen molar-refractivity contribution in [2.75, 3.05) is 26.8 Å². The lowest BCUT2D eigenvalue weighted by molar-refractivity contribution is -0.133. The van der Waals surface area contributed by atoms with Crippen molar-refractivity contribution in [2.24, 2.45) is 5.92 Å². The van der Waals surface area contributed by atoms with Gasteiger partial charge >= 0.3 is 0 Å². The maximum Gasteiger partial charge on any atom is 0.224 e. The minimum Gasteiger partial charge on any atom is -0.384 e. The normalized spacial score (nSPS) is 18.7. The Labute approximate surface area is 133 Å². The molecule has 1 aromatic heterocycles. The van der Waals surface area contributed by atoms with E-state index in [4.69, 9.17) is 4.74 Å². The van der Waals surface area contributed by atoms with Crippen LogP contribution in [0.1, 0.15) is 44.1 Å². The van der Waals surface area contributed by atoms with Crippen LogP contribution in [0, 0.1) is 12.8 Å². The molecule has 124 valence electrons. The lowest BCUT2D eigenvalue weighted by Crippen LogP contribution is -2.41. The van der Waals surface area contributed by atoms with Crippen molar-refractivity contribution in [2.45, 2.75) is 52.5 Å². The number of piperidine rings is 1. The molecular weight excluding hydrogens is 278 g/mol. The highest BCUT2D eigenvalue weighted by molar-refractivity contribution is 5.76. The number of aryl methyl sites for hydroxylation is 1. The van der Waals surface area contributed by atoms with E-state index in [0.29, 0.717) is 18.9 Å². The number of nitrogens with zero attached hydrogens (tertiary/aromatic N) is 3. The molecule has 0 aromatic carbocycles. The molecular formula is C17H29N3O2. The van der Waals surface area contributed by atoms with Gasteiger partial charge in [-0.3, -0.25) is 4.79 Å². The van der Waals surface area contributed by atoms with Crippen LogP contribution >= 0.6 is 0 Å². The number of imidazole rings is 1. The molecule has 0 aliphatic carbocycles. The summed E-state index contributed by atoms with van der Waals surface area (Å²) in [5.41, 5.74) is 1.24. The zero-order valence-electron chi connectivity index (χ0n) is 14.2. The third-order valence-corrected chi connectivity index (χ3v) is 4.45. The van der Waals surface area contributed by atoms with Crippen molar-refractivity contribution in [3.05, 3.63) is 17.7 Å². The van der Waals surface area contributed by atoms with E-state index in [2.05, 4.69) is 23.4 Å². The lowest BCUT2D eigenvalue weighted by Gasteiger charge is -2.33. The SMILES string of the molecule is CCCn1c(C)cnc1CC1CCCN(C(=O)CCOC)C1. The van der Waals surface area contributed by atoms with Crippen LogP contribution in [0.25, 0.3) is 0 Å². The van der Waals surface area contributed by atoms with E-state index >= 15 is 0 Å². The van der Waals surface area contributed by atoms with Gasteiger partial charge in [0, 0.05) is 45.1 Å². The first-order chi connectivity index (χ1) is 10.7. The highest BCUT2D eigenvalue weighted by Crippen LogP contribution is 2.21. The third kappa shape index (κ3) is 4.32. The van der Waals surface area contributed by atoms with Gasteiger partial charge in [0.1, 0.15) is 5.82 Å². The topological polar surface area (TPSA) is 47.4 Å². The van der Waals surface area contributed by atoms with Gasteiger partial charge in [-0.2, -0.15) is 0 Å². The van der Waals surface area contributed by atoms with Crippen LogP contribution in [0.3, 0.4) is 0 Å². The van der Waals surface area contributed by atoms with Crippen LogP contribution in [0.4, 0.5) is 0 Å². The molecule has 0 saturated carbocycles.